The molecule has 1 fully saturated rings. The van der Waals surface area contributed by atoms with Gasteiger partial charge in [0.05, 0.1) is 20.3 Å². The highest BCUT2D eigenvalue weighted by Gasteiger charge is 2.19. The predicted molar refractivity (Wildman–Crippen MR) is 108 cm³/mol. The van der Waals surface area contributed by atoms with Crippen LogP contribution < -0.4 is 9.47 Å². The van der Waals surface area contributed by atoms with Crippen LogP contribution >= 0.6 is 0 Å². The normalized spacial score (nSPS) is 14.1. The largest absolute Gasteiger partial charge is 0.496 e. The number of fused-ring (bicyclic) bond motifs is 1. The first kappa shape index (κ1) is 18.3. The molecule has 0 N–H and O–H groups in total. The quantitative estimate of drug-likeness (QED) is 0.677. The highest BCUT2D eigenvalue weighted by Crippen LogP contribution is 2.25. The maximum Gasteiger partial charge on any atom is 0.254 e. The Morgan fingerprint density at radius 3 is 2.57 bits per heavy atom. The Kier molecular flexibility index (Phi) is 5.44. The zero-order chi connectivity index (χ0) is 19.3. The van der Waals surface area contributed by atoms with Crippen molar-refractivity contribution in [3.05, 3.63) is 71.8 Å². The number of morpholine rings is 1. The molecule has 0 aliphatic carbocycles. The van der Waals surface area contributed by atoms with Crippen molar-refractivity contribution in [2.45, 2.75) is 6.61 Å². The van der Waals surface area contributed by atoms with E-state index in [1.807, 2.05) is 47.4 Å². The van der Waals surface area contributed by atoms with Gasteiger partial charge in [0.1, 0.15) is 18.1 Å². The Morgan fingerprint density at radius 1 is 1.00 bits per heavy atom. The maximum atomic E-state index is 12.8. The molecule has 3 aromatic carbocycles. The second kappa shape index (κ2) is 8.31. The average molecular weight is 377 g/mol. The number of hydrogen-bond donors (Lipinski definition) is 0. The van der Waals surface area contributed by atoms with Crippen LogP contribution in [-0.2, 0) is 11.3 Å². The minimum atomic E-state index is 0.0120. The van der Waals surface area contributed by atoms with Crippen molar-refractivity contribution in [3.63, 3.8) is 0 Å². The predicted octanol–water partition coefficient (Wildman–Crippen LogP) is 3.90. The minimum Gasteiger partial charge on any atom is -0.496 e. The molecule has 28 heavy (non-hydrogen) atoms. The van der Waals surface area contributed by atoms with Gasteiger partial charge in [-0.25, -0.2) is 0 Å². The Morgan fingerprint density at radius 2 is 1.79 bits per heavy atom. The molecule has 3 aromatic rings. The van der Waals surface area contributed by atoms with Gasteiger partial charge in [-0.3, -0.25) is 4.79 Å². The van der Waals surface area contributed by atoms with E-state index in [1.54, 1.807) is 13.2 Å². The number of methoxy groups -OCH3 is 1. The van der Waals surface area contributed by atoms with Gasteiger partial charge < -0.3 is 19.1 Å². The third-order valence-electron chi connectivity index (χ3n) is 4.94. The summed E-state index contributed by atoms with van der Waals surface area (Å²) < 4.78 is 16.8. The number of nitrogens with zero attached hydrogens (tertiary/aromatic N) is 1. The molecular weight excluding hydrogens is 354 g/mol. The summed E-state index contributed by atoms with van der Waals surface area (Å²) >= 11 is 0. The minimum absolute atomic E-state index is 0.0120. The first-order valence-electron chi connectivity index (χ1n) is 9.40. The topological polar surface area (TPSA) is 48.0 Å². The highest BCUT2D eigenvalue weighted by molar-refractivity contribution is 5.94. The van der Waals surface area contributed by atoms with E-state index in [0.29, 0.717) is 44.2 Å². The van der Waals surface area contributed by atoms with Crippen molar-refractivity contribution in [1.29, 1.82) is 0 Å². The molecule has 0 bridgehead atoms. The Balaban J connectivity index is 1.52. The molecule has 1 aliphatic rings. The molecule has 0 spiro atoms. The molecule has 1 saturated heterocycles. The monoisotopic (exact) mass is 377 g/mol. The summed E-state index contributed by atoms with van der Waals surface area (Å²) in [5.41, 5.74) is 1.48. The molecule has 0 radical (unpaired) electrons. The lowest BCUT2D eigenvalue weighted by atomic mass is 10.1. The van der Waals surface area contributed by atoms with E-state index in [1.165, 1.54) is 5.39 Å². The van der Waals surface area contributed by atoms with Crippen molar-refractivity contribution in [3.8, 4) is 11.5 Å². The standard InChI is InChI=1S/C23H23NO4/c1-26-22-9-7-19(23(25)24-10-12-27-13-11-24)14-20(22)16-28-21-8-6-17-4-2-3-5-18(17)15-21/h2-9,14-15H,10-13,16H2,1H3. The summed E-state index contributed by atoms with van der Waals surface area (Å²) in [6, 6.07) is 19.7. The molecule has 0 atom stereocenters. The molecule has 0 saturated carbocycles. The fourth-order valence-electron chi connectivity index (χ4n) is 3.39. The third kappa shape index (κ3) is 3.94. The van der Waals surface area contributed by atoms with Crippen LogP contribution in [-0.4, -0.2) is 44.2 Å². The molecule has 4 rings (SSSR count). The Bertz CT molecular complexity index is 979. The lowest BCUT2D eigenvalue weighted by Crippen LogP contribution is -2.40. The van der Waals surface area contributed by atoms with Gasteiger partial charge in [-0.2, -0.15) is 0 Å². The van der Waals surface area contributed by atoms with Crippen LogP contribution in [0.2, 0.25) is 0 Å². The number of ether oxygens (including phenoxy) is 3. The number of benzene rings is 3. The lowest BCUT2D eigenvalue weighted by molar-refractivity contribution is 0.0302. The number of amides is 1. The van der Waals surface area contributed by atoms with Gasteiger partial charge in [-0.1, -0.05) is 30.3 Å². The molecule has 1 heterocycles. The molecule has 5 nitrogen and oxygen atoms in total. The highest BCUT2D eigenvalue weighted by atomic mass is 16.5. The van der Waals surface area contributed by atoms with Gasteiger partial charge in [0.25, 0.3) is 5.91 Å². The summed E-state index contributed by atoms with van der Waals surface area (Å²) in [6.07, 6.45) is 0. The number of carbonyl (C=O) groups excluding carboxylic acids is 1. The fourth-order valence-corrected chi connectivity index (χ4v) is 3.39. The van der Waals surface area contributed by atoms with E-state index < -0.39 is 0 Å². The van der Waals surface area contributed by atoms with Gasteiger partial charge in [-0.05, 0) is 41.1 Å². The van der Waals surface area contributed by atoms with Crippen molar-refractivity contribution < 1.29 is 19.0 Å². The van der Waals surface area contributed by atoms with E-state index in [4.69, 9.17) is 14.2 Å². The van der Waals surface area contributed by atoms with Gasteiger partial charge in [-0.15, -0.1) is 0 Å². The summed E-state index contributed by atoms with van der Waals surface area (Å²) in [6.45, 7) is 2.73. The van der Waals surface area contributed by atoms with Crippen molar-refractivity contribution in [1.82, 2.24) is 4.90 Å². The third-order valence-corrected chi connectivity index (χ3v) is 4.94. The fraction of sp³-hybridized carbons (Fsp3) is 0.261. The summed E-state index contributed by atoms with van der Waals surface area (Å²) in [4.78, 5) is 14.6. The molecule has 0 aromatic heterocycles. The first-order chi connectivity index (χ1) is 13.7. The van der Waals surface area contributed by atoms with Gasteiger partial charge >= 0.3 is 0 Å². The van der Waals surface area contributed by atoms with E-state index >= 15 is 0 Å². The summed E-state index contributed by atoms with van der Waals surface area (Å²) in [7, 11) is 1.62. The summed E-state index contributed by atoms with van der Waals surface area (Å²) in [5, 5.41) is 2.30. The van der Waals surface area contributed by atoms with Crippen LogP contribution in [0, 0.1) is 0 Å². The van der Waals surface area contributed by atoms with Crippen LogP contribution in [0.5, 0.6) is 11.5 Å². The zero-order valence-corrected chi connectivity index (χ0v) is 15.9. The average Bonchev–Trinajstić information content (AvgIpc) is 2.77. The van der Waals surface area contributed by atoms with E-state index in [0.717, 1.165) is 16.7 Å². The smallest absolute Gasteiger partial charge is 0.254 e. The second-order valence-corrected chi connectivity index (χ2v) is 6.73. The second-order valence-electron chi connectivity index (χ2n) is 6.73. The van der Waals surface area contributed by atoms with Crippen LogP contribution in [0.1, 0.15) is 15.9 Å². The molecule has 1 aliphatic heterocycles. The van der Waals surface area contributed by atoms with Crippen molar-refractivity contribution in [2.75, 3.05) is 33.4 Å². The number of hydrogen-bond acceptors (Lipinski definition) is 4. The first-order valence-corrected chi connectivity index (χ1v) is 9.40. The van der Waals surface area contributed by atoms with Crippen LogP contribution in [0.4, 0.5) is 0 Å². The molecule has 144 valence electrons. The lowest BCUT2D eigenvalue weighted by Gasteiger charge is -2.27. The number of carbonyl (C=O) groups is 1. The zero-order valence-electron chi connectivity index (χ0n) is 15.9. The molecule has 0 unspecified atom stereocenters. The Hall–Kier alpha value is -3.05. The molecule has 1 amide bonds. The SMILES string of the molecule is COc1ccc(C(=O)N2CCOCC2)cc1COc1ccc2ccccc2c1. The van der Waals surface area contributed by atoms with E-state index in [2.05, 4.69) is 12.1 Å². The molecular formula is C23H23NO4. The summed E-state index contributed by atoms with van der Waals surface area (Å²) in [5.74, 6) is 1.50. The maximum absolute atomic E-state index is 12.8. The van der Waals surface area contributed by atoms with Crippen molar-refractivity contribution in [2.24, 2.45) is 0 Å². The van der Waals surface area contributed by atoms with Gasteiger partial charge in [0.2, 0.25) is 0 Å². The van der Waals surface area contributed by atoms with Crippen LogP contribution in [0.3, 0.4) is 0 Å². The van der Waals surface area contributed by atoms with Crippen LogP contribution in [0.25, 0.3) is 10.8 Å². The van der Waals surface area contributed by atoms with Gasteiger partial charge in [0, 0.05) is 24.2 Å². The number of rotatable bonds is 5. The Labute approximate surface area is 164 Å². The van der Waals surface area contributed by atoms with Gasteiger partial charge in [0.15, 0.2) is 0 Å². The van der Waals surface area contributed by atoms with Crippen molar-refractivity contribution >= 4 is 16.7 Å². The van der Waals surface area contributed by atoms with E-state index in [9.17, 15) is 4.79 Å². The van der Waals surface area contributed by atoms with E-state index in [-0.39, 0.29) is 5.91 Å². The van der Waals surface area contributed by atoms with Crippen LogP contribution in [0.15, 0.2) is 60.7 Å². The molecule has 5 heteroatoms.